The van der Waals surface area contributed by atoms with Crippen molar-refractivity contribution < 1.29 is 22.1 Å². The van der Waals surface area contributed by atoms with E-state index in [4.69, 9.17) is 22.1 Å². The second kappa shape index (κ2) is 9.53. The van der Waals surface area contributed by atoms with Crippen molar-refractivity contribution in [1.29, 1.82) is 0 Å². The molecule has 0 aromatic heterocycles. The summed E-state index contributed by atoms with van der Waals surface area (Å²) in [6, 6.07) is 1.50. The fraction of sp³-hybridized carbons (Fsp3) is 1.00. The molecule has 0 spiro atoms. The third-order valence-electron chi connectivity index (χ3n) is 4.51. The van der Waals surface area contributed by atoms with Crippen molar-refractivity contribution >= 4 is 33.8 Å². The molecule has 0 radical (unpaired) electrons. The largest absolute Gasteiger partial charge is 0.500 e. The molecular formula is C14H39NO5Si4. The lowest BCUT2D eigenvalue weighted by Gasteiger charge is -2.47. The minimum Gasteiger partial charge on any atom is -0.397 e. The Hall–Kier alpha value is 0.628. The molecule has 0 aromatic carbocycles. The normalized spacial score (nSPS) is 14.5. The minimum absolute atomic E-state index is 0.704. The van der Waals surface area contributed by atoms with Gasteiger partial charge in [0.1, 0.15) is 16.5 Å². The van der Waals surface area contributed by atoms with E-state index in [1.807, 2.05) is 0 Å². The lowest BCUT2D eigenvalue weighted by molar-refractivity contribution is 0.123. The van der Waals surface area contributed by atoms with E-state index in [9.17, 15) is 0 Å². The quantitative estimate of drug-likeness (QED) is 0.458. The molecule has 0 fully saturated rings. The third kappa shape index (κ3) is 6.74. The van der Waals surface area contributed by atoms with Crippen molar-refractivity contribution in [2.45, 2.75) is 51.4 Å². The summed E-state index contributed by atoms with van der Waals surface area (Å²) >= 11 is 0. The third-order valence-corrected chi connectivity index (χ3v) is 19.2. The van der Waals surface area contributed by atoms with Crippen LogP contribution in [0.2, 0.25) is 51.4 Å². The van der Waals surface area contributed by atoms with Crippen molar-refractivity contribution in [2.75, 3.05) is 41.7 Å². The van der Waals surface area contributed by atoms with Crippen LogP contribution in [0.5, 0.6) is 0 Å². The summed E-state index contributed by atoms with van der Waals surface area (Å²) in [5.74, 6) is 0. The topological polar surface area (TPSA) is 49.4 Å². The molecule has 0 N–H and O–H groups in total. The maximum absolute atomic E-state index is 6.01. The Kier molecular flexibility index (Phi) is 9.78. The van der Waals surface area contributed by atoms with E-state index in [1.165, 1.54) is 0 Å². The van der Waals surface area contributed by atoms with Gasteiger partial charge >= 0.3 is 17.4 Å². The van der Waals surface area contributed by atoms with E-state index in [-0.39, 0.29) is 0 Å². The van der Waals surface area contributed by atoms with Crippen LogP contribution in [0.3, 0.4) is 0 Å². The maximum atomic E-state index is 6.01. The van der Waals surface area contributed by atoms with Gasteiger partial charge in [-0.1, -0.05) is 39.3 Å². The van der Waals surface area contributed by atoms with E-state index < -0.39 is 33.8 Å². The molecule has 24 heavy (non-hydrogen) atoms. The number of hydrogen-bond acceptors (Lipinski definition) is 6. The highest BCUT2D eigenvalue weighted by Crippen LogP contribution is 2.28. The van der Waals surface area contributed by atoms with Crippen LogP contribution in [0, 0.1) is 0 Å². The van der Waals surface area contributed by atoms with Crippen molar-refractivity contribution in [3.05, 3.63) is 0 Å². The van der Waals surface area contributed by atoms with Gasteiger partial charge in [-0.15, -0.1) is 0 Å². The monoisotopic (exact) mass is 413 g/mol. The number of nitrogens with zero attached hydrogens (tertiary/aromatic N) is 1. The molecule has 6 nitrogen and oxygen atoms in total. The molecule has 0 amide bonds. The van der Waals surface area contributed by atoms with E-state index >= 15 is 0 Å². The summed E-state index contributed by atoms with van der Waals surface area (Å²) < 4.78 is 31.5. The summed E-state index contributed by atoms with van der Waals surface area (Å²) in [5, 5.41) is 0. The number of rotatable bonds is 12. The van der Waals surface area contributed by atoms with Gasteiger partial charge in [0.25, 0.3) is 0 Å². The van der Waals surface area contributed by atoms with Crippen LogP contribution in [0.4, 0.5) is 0 Å². The Morgan fingerprint density at radius 1 is 0.583 bits per heavy atom. The molecule has 0 heterocycles. The van der Waals surface area contributed by atoms with Gasteiger partial charge in [0.15, 0.2) is 0 Å². The van der Waals surface area contributed by atoms with Crippen molar-refractivity contribution in [1.82, 2.24) is 4.23 Å². The molecule has 0 aromatic rings. The average molecular weight is 414 g/mol. The highest BCUT2D eigenvalue weighted by atomic mass is 28.4. The summed E-state index contributed by atoms with van der Waals surface area (Å²) in [7, 11) is 0.533. The molecule has 0 atom stereocenters. The molecule has 0 aliphatic carbocycles. The molecule has 0 saturated carbocycles. The Morgan fingerprint density at radius 3 is 1.21 bits per heavy atom. The first-order chi connectivity index (χ1) is 10.8. The summed E-state index contributed by atoms with van der Waals surface area (Å²) in [6.45, 7) is 14.4. The van der Waals surface area contributed by atoms with Crippen LogP contribution in [0.15, 0.2) is 0 Å². The second-order valence-corrected chi connectivity index (χ2v) is 24.8. The van der Waals surface area contributed by atoms with Gasteiger partial charge in [-0.25, -0.2) is 0 Å². The Labute approximate surface area is 153 Å². The van der Waals surface area contributed by atoms with E-state index in [0.717, 1.165) is 12.2 Å². The predicted molar refractivity (Wildman–Crippen MR) is 110 cm³/mol. The molecule has 0 bridgehead atoms. The molecule has 0 aliphatic heterocycles. The van der Waals surface area contributed by atoms with E-state index in [1.54, 1.807) is 35.5 Å². The van der Waals surface area contributed by atoms with Gasteiger partial charge in [0, 0.05) is 47.8 Å². The summed E-state index contributed by atoms with van der Waals surface area (Å²) in [6.07, 6.45) is 0.896. The molecule has 0 rings (SSSR count). The van der Waals surface area contributed by atoms with Gasteiger partial charge in [-0.3, -0.25) is 0 Å². The SMILES string of the molecule is CO[Si](CC[Si](OC)(OC)OC)(CN([Si](C)(C)C)[Si](C)(C)C)OC. The first-order valence-electron chi connectivity index (χ1n) is 8.39. The zero-order chi connectivity index (χ0) is 19.2. The lowest BCUT2D eigenvalue weighted by atomic mass is 10.9. The number of hydrogen-bond donors (Lipinski definition) is 0. The summed E-state index contributed by atoms with van der Waals surface area (Å²) in [5.41, 5.74) is 0. The van der Waals surface area contributed by atoms with Gasteiger partial charge in [0.05, 0.1) is 0 Å². The molecular weight excluding hydrogens is 375 g/mol. The fourth-order valence-corrected chi connectivity index (χ4v) is 21.7. The summed E-state index contributed by atoms with van der Waals surface area (Å²) in [4.78, 5) is 0. The Bertz CT molecular complexity index is 343. The molecule has 0 unspecified atom stereocenters. The predicted octanol–water partition coefficient (Wildman–Crippen LogP) is 3.11. The second-order valence-electron chi connectivity index (χ2n) is 8.04. The van der Waals surface area contributed by atoms with E-state index in [2.05, 4.69) is 43.5 Å². The fourth-order valence-electron chi connectivity index (χ4n) is 3.12. The van der Waals surface area contributed by atoms with Crippen molar-refractivity contribution in [2.24, 2.45) is 0 Å². The van der Waals surface area contributed by atoms with Crippen LogP contribution in [0.1, 0.15) is 0 Å². The Balaban J connectivity index is 5.44. The van der Waals surface area contributed by atoms with Crippen LogP contribution in [0.25, 0.3) is 0 Å². The zero-order valence-electron chi connectivity index (χ0n) is 17.6. The smallest absolute Gasteiger partial charge is 0.397 e. The zero-order valence-corrected chi connectivity index (χ0v) is 21.6. The van der Waals surface area contributed by atoms with Gasteiger partial charge in [0.2, 0.25) is 0 Å². The molecule has 10 heteroatoms. The van der Waals surface area contributed by atoms with Crippen LogP contribution < -0.4 is 0 Å². The van der Waals surface area contributed by atoms with Crippen LogP contribution >= 0.6 is 0 Å². The first kappa shape index (κ1) is 24.6. The minimum atomic E-state index is -2.62. The highest BCUT2D eigenvalue weighted by Gasteiger charge is 2.48. The van der Waals surface area contributed by atoms with Gasteiger partial charge in [-0.05, 0) is 6.04 Å². The highest BCUT2D eigenvalue weighted by molar-refractivity contribution is 6.91. The van der Waals surface area contributed by atoms with Gasteiger partial charge in [-0.2, -0.15) is 0 Å². The Morgan fingerprint density at radius 2 is 0.958 bits per heavy atom. The van der Waals surface area contributed by atoms with Crippen LogP contribution in [-0.2, 0) is 22.1 Å². The van der Waals surface area contributed by atoms with Gasteiger partial charge < -0.3 is 26.4 Å². The molecule has 146 valence electrons. The van der Waals surface area contributed by atoms with E-state index in [0.29, 0.717) is 6.04 Å². The lowest BCUT2D eigenvalue weighted by Crippen LogP contribution is -2.66. The first-order valence-corrected chi connectivity index (χ1v) is 19.4. The maximum Gasteiger partial charge on any atom is 0.500 e. The van der Waals surface area contributed by atoms with Crippen molar-refractivity contribution in [3.63, 3.8) is 0 Å². The molecule has 0 saturated heterocycles. The van der Waals surface area contributed by atoms with Crippen molar-refractivity contribution in [3.8, 4) is 0 Å². The average Bonchev–Trinajstić information content (AvgIpc) is 2.50. The van der Waals surface area contributed by atoms with Crippen LogP contribution in [-0.4, -0.2) is 79.8 Å². The standard InChI is InChI=1S/C14H39NO5Si4/c1-16-23(17-2,12-13-24(18-3,19-4)20-5)14-15(21(6,7)8)22(9,10)11/h12-14H2,1-11H3. The molecule has 0 aliphatic rings.